The average Bonchev–Trinajstić information content (AvgIpc) is 3.93. The lowest BCUT2D eigenvalue weighted by Gasteiger charge is -2.52. The number of hydrogen-bond acceptors (Lipinski definition) is 10. The first kappa shape index (κ1) is 50.0. The normalized spacial score (nSPS) is 28.8. The third-order valence-electron chi connectivity index (χ3n) is 17.8. The summed E-state index contributed by atoms with van der Waals surface area (Å²) >= 11 is 6.52. The van der Waals surface area contributed by atoms with Crippen molar-refractivity contribution in [2.24, 2.45) is 16.7 Å². The summed E-state index contributed by atoms with van der Waals surface area (Å²) in [7, 11) is 0. The minimum Gasteiger partial charge on any atom is -0.487 e. The summed E-state index contributed by atoms with van der Waals surface area (Å²) in [6, 6.07) is 13.4. The van der Waals surface area contributed by atoms with Gasteiger partial charge in [-0.15, -0.1) is 0 Å². The van der Waals surface area contributed by atoms with E-state index in [1.54, 1.807) is 58.3 Å². The second-order valence-electron chi connectivity index (χ2n) is 22.9. The molecular weight excluding hydrogens is 1010 g/mol. The quantitative estimate of drug-likeness (QED) is 0.103. The SMILES string of the molecule is C[C@@H]1CN(C(=O)[C@@H]2N[C@]3(CCCC(C)(C)C3)[C@@]3(CNc4cc(C(F)(F)F)ncc43)[C@H]2c2cccc(Cl)c2F)c2ccc(C(=O)N3CCC4(CC3)C[C@H]4C#Cc3ccc4c(c3)C(=O)N([C@H]3CCC(=O)NC3=O)C4=O)cc2O1. The molecule has 2 aliphatic carbocycles. The van der Waals surface area contributed by atoms with Gasteiger partial charge in [0.15, 0.2) is 0 Å². The molecule has 6 amide bonds. The van der Waals surface area contributed by atoms with E-state index in [2.05, 4.69) is 46.6 Å². The Bertz CT molecular complexity index is 3290. The van der Waals surface area contributed by atoms with E-state index in [1.807, 2.05) is 6.92 Å². The van der Waals surface area contributed by atoms with Crippen molar-refractivity contribution in [2.45, 2.75) is 120 Å². The van der Waals surface area contributed by atoms with Crippen molar-refractivity contribution in [3.8, 4) is 17.6 Å². The number of rotatable bonds is 4. The van der Waals surface area contributed by atoms with Gasteiger partial charge in [-0.2, -0.15) is 13.2 Å². The molecule has 0 bridgehead atoms. The average molecular weight is 1060 g/mol. The lowest BCUT2D eigenvalue weighted by atomic mass is 9.53. The summed E-state index contributed by atoms with van der Waals surface area (Å²) in [4.78, 5) is 89.0. The number of benzene rings is 3. The van der Waals surface area contributed by atoms with Crippen LogP contribution in [0.3, 0.4) is 0 Å². The molecule has 4 aromatic rings. The van der Waals surface area contributed by atoms with Gasteiger partial charge in [0.25, 0.3) is 17.7 Å². The number of nitrogens with one attached hydrogen (secondary N) is 3. The molecule has 76 heavy (non-hydrogen) atoms. The fourth-order valence-corrected chi connectivity index (χ4v) is 14.3. The first-order valence-electron chi connectivity index (χ1n) is 25.9. The van der Waals surface area contributed by atoms with Crippen LogP contribution in [-0.4, -0.2) is 100 Å². The minimum atomic E-state index is -4.71. The van der Waals surface area contributed by atoms with Gasteiger partial charge in [-0.25, -0.2) is 4.39 Å². The number of ether oxygens (including phenoxy) is 1. The lowest BCUT2D eigenvalue weighted by Crippen LogP contribution is -2.61. The minimum absolute atomic E-state index is 0.0278. The zero-order valence-electron chi connectivity index (χ0n) is 42.0. The molecule has 12 rings (SSSR count). The highest BCUT2D eigenvalue weighted by Gasteiger charge is 2.70. The molecule has 2 saturated carbocycles. The zero-order chi connectivity index (χ0) is 53.4. The fraction of sp³-hybridized carbons (Fsp3) is 0.456. The van der Waals surface area contributed by atoms with E-state index in [1.165, 1.54) is 12.3 Å². The highest BCUT2D eigenvalue weighted by Crippen LogP contribution is 2.65. The van der Waals surface area contributed by atoms with Crippen molar-refractivity contribution in [1.29, 1.82) is 0 Å². The van der Waals surface area contributed by atoms with Crippen molar-refractivity contribution < 1.29 is 51.1 Å². The van der Waals surface area contributed by atoms with Crippen LogP contribution in [0.15, 0.2) is 66.9 Å². The predicted octanol–water partition coefficient (Wildman–Crippen LogP) is 8.16. The number of alkyl halides is 3. The molecule has 19 heteroatoms. The molecule has 5 fully saturated rings. The fourth-order valence-electron chi connectivity index (χ4n) is 14.1. The van der Waals surface area contributed by atoms with Crippen molar-refractivity contribution in [2.75, 3.05) is 36.4 Å². The van der Waals surface area contributed by atoms with Crippen LogP contribution in [0.1, 0.15) is 138 Å². The van der Waals surface area contributed by atoms with Gasteiger partial charge in [0, 0.05) is 77.4 Å². The molecule has 3 spiro atoms. The van der Waals surface area contributed by atoms with Crippen molar-refractivity contribution >= 4 is 58.4 Å². The van der Waals surface area contributed by atoms with E-state index in [0.717, 1.165) is 43.1 Å². The highest BCUT2D eigenvalue weighted by atomic mass is 35.5. The van der Waals surface area contributed by atoms with Gasteiger partial charge in [-0.3, -0.25) is 49.3 Å². The molecule has 7 atom stereocenters. The number of likely N-dealkylation sites (tertiary alicyclic amines) is 1. The Balaban J connectivity index is 0.780. The number of amides is 6. The number of imide groups is 2. The number of nitrogens with zero attached hydrogens (tertiary/aromatic N) is 4. The monoisotopic (exact) mass is 1060 g/mol. The number of hydrogen-bond donors (Lipinski definition) is 3. The van der Waals surface area contributed by atoms with Gasteiger partial charge >= 0.3 is 6.18 Å². The number of carbonyl (C=O) groups is 6. The van der Waals surface area contributed by atoms with Crippen LogP contribution in [0.25, 0.3) is 0 Å². The van der Waals surface area contributed by atoms with Gasteiger partial charge in [-0.05, 0) is 117 Å². The Kier molecular flexibility index (Phi) is 11.6. The molecule has 6 aliphatic heterocycles. The Morgan fingerprint density at radius 3 is 2.47 bits per heavy atom. The molecule has 3 N–H and O–H groups in total. The second kappa shape index (κ2) is 17.6. The summed E-state index contributed by atoms with van der Waals surface area (Å²) in [5.41, 5.74) is -0.856. The summed E-state index contributed by atoms with van der Waals surface area (Å²) in [6.45, 7) is 7.31. The van der Waals surface area contributed by atoms with Crippen molar-refractivity contribution in [3.05, 3.63) is 117 Å². The summed E-state index contributed by atoms with van der Waals surface area (Å²) in [5.74, 6) is 2.39. The van der Waals surface area contributed by atoms with E-state index in [9.17, 15) is 37.1 Å². The largest absolute Gasteiger partial charge is 0.487 e. The molecule has 0 unspecified atom stereocenters. The third kappa shape index (κ3) is 7.88. The van der Waals surface area contributed by atoms with Gasteiger partial charge in [0.2, 0.25) is 17.7 Å². The number of pyridine rings is 1. The maximum Gasteiger partial charge on any atom is 0.433 e. The molecule has 0 radical (unpaired) electrons. The van der Waals surface area contributed by atoms with Crippen LogP contribution >= 0.6 is 11.6 Å². The first-order chi connectivity index (χ1) is 36.1. The Morgan fingerprint density at radius 1 is 0.947 bits per heavy atom. The van der Waals surface area contributed by atoms with Crippen LogP contribution in [0.2, 0.25) is 5.02 Å². The van der Waals surface area contributed by atoms with E-state index in [0.29, 0.717) is 54.1 Å². The number of fused-ring (bicyclic) bond motifs is 5. The van der Waals surface area contributed by atoms with Crippen LogP contribution in [-0.2, 0) is 26.0 Å². The maximum absolute atomic E-state index is 16.8. The first-order valence-corrected chi connectivity index (χ1v) is 26.3. The molecule has 394 valence electrons. The van der Waals surface area contributed by atoms with Gasteiger partial charge in [0.1, 0.15) is 29.4 Å². The molecule has 3 saturated heterocycles. The highest BCUT2D eigenvalue weighted by molar-refractivity contribution is 6.30. The van der Waals surface area contributed by atoms with Crippen molar-refractivity contribution in [1.82, 2.24) is 25.4 Å². The summed E-state index contributed by atoms with van der Waals surface area (Å²) in [6.07, 6.45) is 1.14. The van der Waals surface area contributed by atoms with Crippen LogP contribution in [0.4, 0.5) is 28.9 Å². The van der Waals surface area contributed by atoms with E-state index >= 15 is 9.18 Å². The second-order valence-corrected chi connectivity index (χ2v) is 23.3. The lowest BCUT2D eigenvalue weighted by molar-refractivity contribution is -0.141. The topological polar surface area (TPSA) is 170 Å². The Hall–Kier alpha value is -6.84. The van der Waals surface area contributed by atoms with Crippen LogP contribution in [0.5, 0.6) is 5.75 Å². The van der Waals surface area contributed by atoms with E-state index < -0.39 is 76.4 Å². The standard InChI is InChI=1S/C57H54ClF4N7O7/c1-30-27-68(52(75)47-45(35-6-4-7-38(58)46(35)59)56(55(66-47)17-5-16-53(2,3)28-55)29-64-39-24-43(57(60,61)62)63-26-37(39)56)40-13-10-32(23-42(40)76-30)49(72)67-20-18-54(19-21-67)25-33(54)11-8-31-9-12-34-36(22-31)51(74)69(50(34)73)41-14-15-44(70)65-48(41)71/h4,6-7,9-10,12-13,22-24,26,30,33,41,45,47,64,66H,5,14-21,25,27-29H2,1-3H3,(H,65,70,71)/t30-,33-,41+,45+,47-,55+,56-/m1/s1. The molecular formula is C57H54ClF4N7O7. The maximum atomic E-state index is 16.8. The predicted molar refractivity (Wildman–Crippen MR) is 270 cm³/mol. The van der Waals surface area contributed by atoms with Gasteiger partial charge in [0.05, 0.1) is 34.4 Å². The molecule has 7 heterocycles. The third-order valence-corrected chi connectivity index (χ3v) is 18.1. The molecule has 8 aliphatic rings. The number of carbonyl (C=O) groups excluding carboxylic acids is 6. The Labute approximate surface area is 440 Å². The molecule has 1 aromatic heterocycles. The van der Waals surface area contributed by atoms with Crippen LogP contribution < -0.4 is 25.6 Å². The number of piperidine rings is 2. The van der Waals surface area contributed by atoms with E-state index in [-0.39, 0.29) is 81.9 Å². The van der Waals surface area contributed by atoms with Gasteiger partial charge in [-0.1, -0.05) is 55.8 Å². The summed E-state index contributed by atoms with van der Waals surface area (Å²) in [5, 5.41) is 9.13. The number of anilines is 2. The zero-order valence-corrected chi connectivity index (χ0v) is 42.7. The van der Waals surface area contributed by atoms with E-state index in [4.69, 9.17) is 16.3 Å². The smallest absolute Gasteiger partial charge is 0.433 e. The Morgan fingerprint density at radius 2 is 1.72 bits per heavy atom. The number of aromatic nitrogens is 1. The van der Waals surface area contributed by atoms with Crippen LogP contribution in [0, 0.1) is 34.4 Å². The number of halogens is 5. The molecule has 3 aromatic carbocycles. The van der Waals surface area contributed by atoms with Gasteiger partial charge < -0.3 is 19.9 Å². The van der Waals surface area contributed by atoms with Crippen molar-refractivity contribution in [3.63, 3.8) is 0 Å². The molecule has 14 nitrogen and oxygen atoms in total. The summed E-state index contributed by atoms with van der Waals surface area (Å²) < 4.78 is 65.5.